The fraction of sp³-hybridized carbons (Fsp3) is 0.241. The van der Waals surface area contributed by atoms with Gasteiger partial charge in [0.15, 0.2) is 0 Å². The summed E-state index contributed by atoms with van der Waals surface area (Å²) < 4.78 is 0. The van der Waals surface area contributed by atoms with E-state index in [-0.39, 0.29) is 17.9 Å². The Morgan fingerprint density at radius 1 is 0.697 bits per heavy atom. The summed E-state index contributed by atoms with van der Waals surface area (Å²) in [4.78, 5) is 18.1. The first-order valence-corrected chi connectivity index (χ1v) is 11.8. The Kier molecular flexibility index (Phi) is 6.34. The van der Waals surface area contributed by atoms with Gasteiger partial charge in [0.05, 0.1) is 11.4 Å². The summed E-state index contributed by atoms with van der Waals surface area (Å²) in [7, 11) is 0. The highest BCUT2D eigenvalue weighted by atomic mass is 16.1. The third-order valence-corrected chi connectivity index (χ3v) is 6.55. The minimum Gasteiger partial charge on any atom is -0.367 e. The average molecular weight is 436 g/mol. The molecule has 4 heteroatoms. The Balaban J connectivity index is 1.21. The zero-order valence-corrected chi connectivity index (χ0v) is 18.7. The molecule has 1 heterocycles. The predicted molar refractivity (Wildman–Crippen MR) is 134 cm³/mol. The molecule has 3 aromatic carbocycles. The maximum absolute atomic E-state index is 13.4. The molecule has 5 rings (SSSR count). The Morgan fingerprint density at radius 2 is 1.27 bits per heavy atom. The van der Waals surface area contributed by atoms with E-state index in [2.05, 4.69) is 28.8 Å². The van der Waals surface area contributed by atoms with Gasteiger partial charge in [0.2, 0.25) is 5.91 Å². The molecule has 1 amide bonds. The third kappa shape index (κ3) is 5.06. The molecule has 1 aromatic heterocycles. The van der Waals surface area contributed by atoms with Crippen molar-refractivity contribution in [3.63, 3.8) is 0 Å². The molecule has 1 aliphatic rings. The fourth-order valence-corrected chi connectivity index (χ4v) is 4.81. The van der Waals surface area contributed by atoms with Gasteiger partial charge in [-0.05, 0) is 55.0 Å². The average Bonchev–Trinajstić information content (AvgIpc) is 2.87. The Labute approximate surface area is 195 Å². The number of hydrogen-bond acceptors (Lipinski definition) is 3. The molecule has 0 bridgehead atoms. The van der Waals surface area contributed by atoms with Crippen molar-refractivity contribution < 1.29 is 4.79 Å². The lowest BCUT2D eigenvalue weighted by atomic mass is 9.88. The minimum absolute atomic E-state index is 0.0833. The molecule has 33 heavy (non-hydrogen) atoms. The van der Waals surface area contributed by atoms with Crippen molar-refractivity contribution in [2.24, 2.45) is 0 Å². The van der Waals surface area contributed by atoms with Crippen LogP contribution in [0.3, 0.4) is 0 Å². The van der Waals surface area contributed by atoms with Crippen LogP contribution in [0.2, 0.25) is 0 Å². The molecule has 0 spiro atoms. The highest BCUT2D eigenvalue weighted by Gasteiger charge is 2.27. The smallest absolute Gasteiger partial charge is 0.232 e. The molecule has 0 radical (unpaired) electrons. The summed E-state index contributed by atoms with van der Waals surface area (Å²) in [6.07, 6.45) is 3.96. The van der Waals surface area contributed by atoms with Crippen molar-refractivity contribution in [1.82, 2.24) is 10.3 Å². The van der Waals surface area contributed by atoms with Gasteiger partial charge in [-0.1, -0.05) is 78.9 Å². The van der Waals surface area contributed by atoms with E-state index in [0.29, 0.717) is 6.04 Å². The van der Waals surface area contributed by atoms with Crippen LogP contribution in [0.4, 0.5) is 5.82 Å². The zero-order valence-electron chi connectivity index (χ0n) is 18.7. The second-order valence-corrected chi connectivity index (χ2v) is 8.85. The van der Waals surface area contributed by atoms with Crippen LogP contribution in [0.25, 0.3) is 10.9 Å². The van der Waals surface area contributed by atoms with Crippen molar-refractivity contribution in [3.8, 4) is 0 Å². The fourth-order valence-electron chi connectivity index (χ4n) is 4.81. The third-order valence-electron chi connectivity index (χ3n) is 6.55. The van der Waals surface area contributed by atoms with Crippen molar-refractivity contribution in [1.29, 1.82) is 0 Å². The van der Waals surface area contributed by atoms with Gasteiger partial charge in [0.1, 0.15) is 5.82 Å². The summed E-state index contributed by atoms with van der Waals surface area (Å²) in [5, 5.41) is 8.09. The number of carbonyl (C=O) groups is 1. The normalized spacial score (nSPS) is 18.2. The van der Waals surface area contributed by atoms with Gasteiger partial charge in [0.25, 0.3) is 0 Å². The number of carbonyl (C=O) groups excluding carboxylic acids is 1. The topological polar surface area (TPSA) is 54.0 Å². The molecule has 4 aromatic rings. The van der Waals surface area contributed by atoms with Crippen LogP contribution in [0.15, 0.2) is 97.1 Å². The van der Waals surface area contributed by atoms with Crippen LogP contribution in [0.5, 0.6) is 0 Å². The molecular weight excluding hydrogens is 406 g/mol. The van der Waals surface area contributed by atoms with Crippen LogP contribution >= 0.6 is 0 Å². The molecule has 0 atom stereocenters. The van der Waals surface area contributed by atoms with E-state index in [9.17, 15) is 4.79 Å². The number of pyridine rings is 1. The summed E-state index contributed by atoms with van der Waals surface area (Å²) in [5.74, 6) is 0.722. The number of amides is 1. The lowest BCUT2D eigenvalue weighted by molar-refractivity contribution is -0.122. The van der Waals surface area contributed by atoms with Gasteiger partial charge in [-0.25, -0.2) is 4.98 Å². The number of hydrogen-bond donors (Lipinski definition) is 2. The van der Waals surface area contributed by atoms with E-state index >= 15 is 0 Å². The highest BCUT2D eigenvalue weighted by molar-refractivity contribution is 5.87. The SMILES string of the molecule is O=C(NC1CCC(Nc2ccc3ccccc3n2)CC1)C(c1ccccc1)c1ccccc1. The highest BCUT2D eigenvalue weighted by Crippen LogP contribution is 2.27. The lowest BCUT2D eigenvalue weighted by Crippen LogP contribution is -2.42. The monoisotopic (exact) mass is 435 g/mol. The molecule has 1 aliphatic carbocycles. The van der Waals surface area contributed by atoms with Crippen LogP contribution in [0.1, 0.15) is 42.7 Å². The van der Waals surface area contributed by atoms with Crippen LogP contribution in [0, 0.1) is 0 Å². The van der Waals surface area contributed by atoms with E-state index in [0.717, 1.165) is 53.5 Å². The molecule has 166 valence electrons. The number of anilines is 1. The second kappa shape index (κ2) is 9.86. The molecule has 0 saturated heterocycles. The van der Waals surface area contributed by atoms with Gasteiger partial charge in [0, 0.05) is 17.5 Å². The molecule has 2 N–H and O–H groups in total. The number of benzene rings is 3. The molecule has 4 nitrogen and oxygen atoms in total. The van der Waals surface area contributed by atoms with Gasteiger partial charge in [-0.3, -0.25) is 4.79 Å². The molecule has 0 aliphatic heterocycles. The summed E-state index contributed by atoms with van der Waals surface area (Å²) in [5.41, 5.74) is 3.06. The standard InChI is InChI=1S/C29H29N3O/c33-29(28(22-10-3-1-4-11-22)23-12-5-2-6-13-23)31-25-18-16-24(17-19-25)30-27-20-15-21-9-7-8-14-26(21)32-27/h1-15,20,24-25,28H,16-19H2,(H,30,32)(H,31,33). The Morgan fingerprint density at radius 3 is 1.94 bits per heavy atom. The zero-order chi connectivity index (χ0) is 22.5. The van der Waals surface area contributed by atoms with E-state index < -0.39 is 0 Å². The predicted octanol–water partition coefficient (Wildman–Crippen LogP) is 5.91. The van der Waals surface area contributed by atoms with E-state index in [1.54, 1.807) is 0 Å². The maximum atomic E-state index is 13.4. The van der Waals surface area contributed by atoms with E-state index in [4.69, 9.17) is 4.98 Å². The quantitative estimate of drug-likeness (QED) is 0.396. The van der Waals surface area contributed by atoms with Gasteiger partial charge < -0.3 is 10.6 Å². The van der Waals surface area contributed by atoms with Crippen molar-refractivity contribution in [2.75, 3.05) is 5.32 Å². The number of rotatable bonds is 6. The van der Waals surface area contributed by atoms with Gasteiger partial charge in [-0.15, -0.1) is 0 Å². The largest absolute Gasteiger partial charge is 0.367 e. The van der Waals surface area contributed by atoms with Crippen LogP contribution in [-0.4, -0.2) is 23.0 Å². The lowest BCUT2D eigenvalue weighted by Gasteiger charge is -2.31. The van der Waals surface area contributed by atoms with Crippen molar-refractivity contribution >= 4 is 22.6 Å². The van der Waals surface area contributed by atoms with Gasteiger partial charge in [-0.2, -0.15) is 0 Å². The number of para-hydroxylation sites is 1. The summed E-state index contributed by atoms with van der Waals surface area (Å²) in [6, 6.07) is 33.0. The molecule has 1 saturated carbocycles. The number of aromatic nitrogens is 1. The molecular formula is C29H29N3O. The van der Waals surface area contributed by atoms with E-state index in [1.807, 2.05) is 78.9 Å². The van der Waals surface area contributed by atoms with Crippen LogP contribution < -0.4 is 10.6 Å². The number of nitrogens with one attached hydrogen (secondary N) is 2. The second-order valence-electron chi connectivity index (χ2n) is 8.85. The minimum atomic E-state index is -0.287. The maximum Gasteiger partial charge on any atom is 0.232 e. The van der Waals surface area contributed by atoms with Gasteiger partial charge >= 0.3 is 0 Å². The molecule has 0 unspecified atom stereocenters. The summed E-state index contributed by atoms with van der Waals surface area (Å²) in [6.45, 7) is 0. The first kappa shape index (κ1) is 21.2. The summed E-state index contributed by atoms with van der Waals surface area (Å²) >= 11 is 0. The van der Waals surface area contributed by atoms with Crippen LogP contribution in [-0.2, 0) is 4.79 Å². The van der Waals surface area contributed by atoms with E-state index in [1.165, 1.54) is 0 Å². The van der Waals surface area contributed by atoms with Crippen molar-refractivity contribution in [2.45, 2.75) is 43.7 Å². The number of fused-ring (bicyclic) bond motifs is 1. The number of nitrogens with zero attached hydrogens (tertiary/aromatic N) is 1. The molecule has 1 fully saturated rings. The van der Waals surface area contributed by atoms with Crippen molar-refractivity contribution in [3.05, 3.63) is 108 Å². The Bertz CT molecular complexity index is 1160. The first-order valence-electron chi connectivity index (χ1n) is 11.8. The Hall–Kier alpha value is -3.66. The first-order chi connectivity index (χ1) is 16.3.